The van der Waals surface area contributed by atoms with Crippen molar-refractivity contribution >= 4 is 11.9 Å². The lowest BCUT2D eigenvalue weighted by molar-refractivity contribution is -0.258. The summed E-state index contributed by atoms with van der Waals surface area (Å²) in [5, 5.41) is 37.4. The summed E-state index contributed by atoms with van der Waals surface area (Å²) in [6.07, 6.45) is -5.39. The minimum absolute atomic E-state index is 0.0904. The number of aromatic carboxylic acids is 1. The second-order valence-corrected chi connectivity index (χ2v) is 5.45. The zero-order valence-corrected chi connectivity index (χ0v) is 12.6. The fourth-order valence-corrected chi connectivity index (χ4v) is 2.31. The van der Waals surface area contributed by atoms with Crippen LogP contribution in [0.4, 0.5) is 0 Å². The molecule has 24 heavy (non-hydrogen) atoms. The van der Waals surface area contributed by atoms with Crippen molar-refractivity contribution in [2.75, 3.05) is 6.61 Å². The Labute approximate surface area is 137 Å². The number of rotatable bonds is 5. The van der Waals surface area contributed by atoms with Gasteiger partial charge in [0.1, 0.15) is 18.3 Å². The predicted octanol–water partition coefficient (Wildman–Crippen LogP) is -1.76. The van der Waals surface area contributed by atoms with Crippen LogP contribution in [0.3, 0.4) is 0 Å². The summed E-state index contributed by atoms with van der Waals surface area (Å²) < 4.78 is 10.2. The maximum Gasteiger partial charge on any atom is 0.335 e. The van der Waals surface area contributed by atoms with Gasteiger partial charge in [-0.2, -0.15) is 0 Å². The van der Waals surface area contributed by atoms with Gasteiger partial charge in [-0.05, 0) is 17.7 Å². The summed E-state index contributed by atoms with van der Waals surface area (Å²) in [6, 6.07) is 4.50. The molecule has 0 aliphatic carbocycles. The van der Waals surface area contributed by atoms with Gasteiger partial charge in [0.05, 0.1) is 24.6 Å². The van der Waals surface area contributed by atoms with Crippen LogP contribution in [-0.2, 0) is 20.7 Å². The Hall–Kier alpha value is -2.04. The summed E-state index contributed by atoms with van der Waals surface area (Å²) in [4.78, 5) is 22.7. The van der Waals surface area contributed by atoms with Gasteiger partial charge >= 0.3 is 11.9 Å². The summed E-state index contributed by atoms with van der Waals surface area (Å²) in [5.41, 5.74) is 6.28. The van der Waals surface area contributed by atoms with Gasteiger partial charge in [0.25, 0.3) is 0 Å². The zero-order chi connectivity index (χ0) is 17.9. The molecule has 1 aliphatic heterocycles. The van der Waals surface area contributed by atoms with Gasteiger partial charge in [0.15, 0.2) is 0 Å². The van der Waals surface area contributed by atoms with Crippen molar-refractivity contribution in [2.24, 2.45) is 5.73 Å². The standard InChI is InChI=1S/C15H19NO8/c16-11-13(20)12(19)9(6-17)23-15(11)24-10(18)5-7-1-3-8(4-2-7)14(21)22/h1-4,9,11-13,15,17,19-20H,5-6,16H2,(H,21,22)/t9-,11+,12-,13-,15?/m1/s1. The van der Waals surface area contributed by atoms with Crippen LogP contribution in [0.25, 0.3) is 0 Å². The van der Waals surface area contributed by atoms with E-state index in [1.165, 1.54) is 24.3 Å². The molecule has 6 N–H and O–H groups in total. The molecule has 132 valence electrons. The van der Waals surface area contributed by atoms with E-state index in [-0.39, 0.29) is 12.0 Å². The lowest BCUT2D eigenvalue weighted by Gasteiger charge is -2.39. The second-order valence-electron chi connectivity index (χ2n) is 5.45. The number of carboxylic acid groups (broad SMARTS) is 1. The molecule has 0 bridgehead atoms. The number of benzene rings is 1. The number of ether oxygens (including phenoxy) is 2. The minimum Gasteiger partial charge on any atom is -0.478 e. The topological polar surface area (TPSA) is 160 Å². The van der Waals surface area contributed by atoms with E-state index in [0.717, 1.165) is 0 Å². The molecule has 0 aromatic heterocycles. The van der Waals surface area contributed by atoms with Gasteiger partial charge in [0, 0.05) is 0 Å². The highest BCUT2D eigenvalue weighted by molar-refractivity contribution is 5.87. The van der Waals surface area contributed by atoms with Crippen LogP contribution in [0.5, 0.6) is 0 Å². The Morgan fingerprint density at radius 1 is 1.17 bits per heavy atom. The van der Waals surface area contributed by atoms with E-state index in [1.54, 1.807) is 0 Å². The lowest BCUT2D eigenvalue weighted by atomic mass is 9.98. The van der Waals surface area contributed by atoms with Crippen molar-refractivity contribution < 1.29 is 39.5 Å². The lowest BCUT2D eigenvalue weighted by Crippen LogP contribution is -2.62. The number of aliphatic hydroxyl groups excluding tert-OH is 3. The van der Waals surface area contributed by atoms with E-state index >= 15 is 0 Å². The first-order chi connectivity index (χ1) is 11.3. The van der Waals surface area contributed by atoms with Crippen LogP contribution in [0.1, 0.15) is 15.9 Å². The SMILES string of the molecule is N[C@@H]1C(OC(=O)Cc2ccc(C(=O)O)cc2)O[C@H](CO)[C@@H](O)[C@@H]1O. The smallest absolute Gasteiger partial charge is 0.335 e. The molecule has 0 spiro atoms. The number of hydrogen-bond acceptors (Lipinski definition) is 8. The minimum atomic E-state index is -1.41. The van der Waals surface area contributed by atoms with Crippen LogP contribution < -0.4 is 5.73 Å². The first kappa shape index (κ1) is 18.3. The van der Waals surface area contributed by atoms with Gasteiger partial charge < -0.3 is 35.6 Å². The van der Waals surface area contributed by atoms with Gasteiger partial charge in [-0.1, -0.05) is 12.1 Å². The van der Waals surface area contributed by atoms with Crippen LogP contribution in [-0.4, -0.2) is 69.6 Å². The first-order valence-electron chi connectivity index (χ1n) is 7.23. The summed E-state index contributed by atoms with van der Waals surface area (Å²) >= 11 is 0. The number of carboxylic acids is 1. The van der Waals surface area contributed by atoms with Crippen LogP contribution in [0.15, 0.2) is 24.3 Å². The predicted molar refractivity (Wildman–Crippen MR) is 78.9 cm³/mol. The molecular formula is C15H19NO8. The largest absolute Gasteiger partial charge is 0.478 e. The number of esters is 1. The Morgan fingerprint density at radius 2 is 1.79 bits per heavy atom. The molecule has 5 atom stereocenters. The van der Waals surface area contributed by atoms with Gasteiger partial charge in [-0.15, -0.1) is 0 Å². The quantitative estimate of drug-likeness (QED) is 0.391. The summed E-state index contributed by atoms with van der Waals surface area (Å²) in [5.74, 6) is -1.79. The fourth-order valence-electron chi connectivity index (χ4n) is 2.31. The number of hydrogen-bond donors (Lipinski definition) is 5. The van der Waals surface area contributed by atoms with E-state index < -0.39 is 49.2 Å². The third-order valence-corrected chi connectivity index (χ3v) is 3.73. The molecule has 1 unspecified atom stereocenters. The van der Waals surface area contributed by atoms with E-state index in [1.807, 2.05) is 0 Å². The van der Waals surface area contributed by atoms with Gasteiger partial charge in [-0.3, -0.25) is 4.79 Å². The summed E-state index contributed by atoms with van der Waals surface area (Å²) in [6.45, 7) is -0.574. The van der Waals surface area contributed by atoms with Crippen LogP contribution >= 0.6 is 0 Å². The van der Waals surface area contributed by atoms with Crippen molar-refractivity contribution in [1.82, 2.24) is 0 Å². The number of aliphatic hydroxyl groups is 3. The third kappa shape index (κ3) is 4.08. The monoisotopic (exact) mass is 341 g/mol. The van der Waals surface area contributed by atoms with Crippen LogP contribution in [0.2, 0.25) is 0 Å². The van der Waals surface area contributed by atoms with E-state index in [0.29, 0.717) is 5.56 Å². The number of carbonyl (C=O) groups is 2. The maximum absolute atomic E-state index is 11.9. The first-order valence-corrected chi connectivity index (χ1v) is 7.23. The van der Waals surface area contributed by atoms with Gasteiger partial charge in [0.2, 0.25) is 6.29 Å². The molecule has 1 fully saturated rings. The van der Waals surface area contributed by atoms with Gasteiger partial charge in [-0.25, -0.2) is 4.79 Å². The summed E-state index contributed by atoms with van der Waals surface area (Å²) in [7, 11) is 0. The van der Waals surface area contributed by atoms with E-state index in [9.17, 15) is 19.8 Å². The highest BCUT2D eigenvalue weighted by atomic mass is 16.7. The molecule has 1 aromatic carbocycles. The molecule has 1 saturated heterocycles. The molecule has 1 aliphatic rings. The van der Waals surface area contributed by atoms with Crippen molar-refractivity contribution in [1.29, 1.82) is 0 Å². The highest BCUT2D eigenvalue weighted by Crippen LogP contribution is 2.21. The molecule has 1 heterocycles. The Bertz CT molecular complexity index is 588. The zero-order valence-electron chi connectivity index (χ0n) is 12.6. The normalized spacial score (nSPS) is 29.9. The van der Waals surface area contributed by atoms with E-state index in [2.05, 4.69) is 0 Å². The van der Waals surface area contributed by atoms with Crippen LogP contribution in [0, 0.1) is 0 Å². The molecule has 0 saturated carbocycles. The average Bonchev–Trinajstić information content (AvgIpc) is 2.55. The molecular weight excluding hydrogens is 322 g/mol. The second kappa shape index (κ2) is 7.69. The van der Waals surface area contributed by atoms with E-state index in [4.69, 9.17) is 25.4 Å². The fraction of sp³-hybridized carbons (Fsp3) is 0.467. The highest BCUT2D eigenvalue weighted by Gasteiger charge is 2.44. The van der Waals surface area contributed by atoms with Crippen molar-refractivity contribution in [2.45, 2.75) is 37.1 Å². The molecule has 9 nitrogen and oxygen atoms in total. The maximum atomic E-state index is 11.9. The third-order valence-electron chi connectivity index (χ3n) is 3.73. The van der Waals surface area contributed by atoms with Crippen molar-refractivity contribution in [3.63, 3.8) is 0 Å². The molecule has 2 rings (SSSR count). The Morgan fingerprint density at radius 3 is 2.33 bits per heavy atom. The molecule has 0 radical (unpaired) electrons. The Kier molecular flexibility index (Phi) is 5.86. The van der Waals surface area contributed by atoms with Crippen molar-refractivity contribution in [3.05, 3.63) is 35.4 Å². The molecule has 0 amide bonds. The molecule has 1 aromatic rings. The average molecular weight is 341 g/mol. The number of nitrogens with two attached hydrogens (primary N) is 1. The Balaban J connectivity index is 1.97. The van der Waals surface area contributed by atoms with Crippen molar-refractivity contribution in [3.8, 4) is 0 Å². The number of carbonyl (C=O) groups excluding carboxylic acids is 1. The molecule has 9 heteroatoms.